The van der Waals surface area contributed by atoms with Crippen molar-refractivity contribution in [2.75, 3.05) is 116 Å². The maximum atomic E-state index is 14.1. The average molecular weight is 1290 g/mol. The maximum absolute atomic E-state index is 14.1. The molecule has 4 amide bonds. The van der Waals surface area contributed by atoms with Crippen LogP contribution in [0.1, 0.15) is 126 Å². The van der Waals surface area contributed by atoms with E-state index in [1.165, 1.54) is 30.6 Å². The number of carbonyl (C=O) groups is 4. The van der Waals surface area contributed by atoms with Gasteiger partial charge in [-0.15, -0.1) is 11.3 Å². The Kier molecular flexibility index (Phi) is 24.9. The second-order valence-electron chi connectivity index (χ2n) is 26.4. The Balaban J connectivity index is 0.592. The maximum Gasteiger partial charge on any atom is 0.246 e. The van der Waals surface area contributed by atoms with Crippen molar-refractivity contribution in [3.8, 4) is 16.3 Å². The lowest BCUT2D eigenvalue weighted by atomic mass is 9.84. The van der Waals surface area contributed by atoms with Crippen molar-refractivity contribution in [1.82, 2.24) is 30.3 Å². The molecule has 1 aliphatic carbocycles. The zero-order valence-electron chi connectivity index (χ0n) is 54.9. The van der Waals surface area contributed by atoms with Crippen LogP contribution in [0.15, 0.2) is 90.3 Å². The number of likely N-dealkylation sites (tertiary alicyclic amines) is 1. The van der Waals surface area contributed by atoms with E-state index in [4.69, 9.17) is 35.3 Å². The molecule has 91 heavy (non-hydrogen) atoms. The lowest BCUT2D eigenvalue weighted by molar-refractivity contribution is -0.144. The van der Waals surface area contributed by atoms with Crippen LogP contribution in [0.2, 0.25) is 5.02 Å². The number of nitrogens with one attached hydrogen (secondary N) is 2. The fraction of sp³-hybridized carbons (Fsp3) is 0.563. The first-order valence-corrected chi connectivity index (χ1v) is 34.0. The summed E-state index contributed by atoms with van der Waals surface area (Å²) in [4.78, 5) is 70.5. The first kappa shape index (κ1) is 69.3. The molecule has 9 rings (SSSR count). The summed E-state index contributed by atoms with van der Waals surface area (Å²) >= 11 is 7.93. The van der Waals surface area contributed by atoms with Gasteiger partial charge in [0.25, 0.3) is 0 Å². The third-order valence-electron chi connectivity index (χ3n) is 18.0. The molecule has 1 saturated carbocycles. The highest BCUT2D eigenvalue weighted by Gasteiger charge is 2.45. The summed E-state index contributed by atoms with van der Waals surface area (Å²) in [5, 5.41) is 20.2. The minimum atomic E-state index is -0.928. The molecule has 5 atom stereocenters. The van der Waals surface area contributed by atoms with E-state index in [9.17, 15) is 24.3 Å². The molecule has 0 unspecified atom stereocenters. The molecule has 494 valence electrons. The first-order chi connectivity index (χ1) is 43.7. The monoisotopic (exact) mass is 1290 g/mol. The molecule has 0 spiro atoms. The molecule has 18 nitrogen and oxygen atoms in total. The van der Waals surface area contributed by atoms with Crippen LogP contribution in [-0.4, -0.2) is 184 Å². The number of rotatable bonds is 29. The van der Waals surface area contributed by atoms with Crippen molar-refractivity contribution in [1.29, 1.82) is 0 Å². The summed E-state index contributed by atoms with van der Waals surface area (Å²) in [5.74, 6) is 0.422. The quantitative estimate of drug-likeness (QED) is 0.0384. The Bertz CT molecular complexity index is 3160. The molecule has 20 heteroatoms. The molecule has 1 aromatic heterocycles. The summed E-state index contributed by atoms with van der Waals surface area (Å²) in [6, 6.07) is 26.6. The number of fused-ring (bicyclic) bond motifs is 1. The second kappa shape index (κ2) is 32.7. The van der Waals surface area contributed by atoms with E-state index in [0.29, 0.717) is 69.7 Å². The second-order valence-corrected chi connectivity index (χ2v) is 27.7. The van der Waals surface area contributed by atoms with E-state index < -0.39 is 29.5 Å². The SMILES string of the molecule is Cc1csc(-c2ccc([C@H](C)NC(=O)[C@@H]3C[C@@H](O)CN3C(=O)[C@@H](NC(=O)CCOCCOCCOCCOCCN3CCN(C4CCC(CN(C)c5ccc(N6C(=O)Cc7cc(C)c(OC(C)C)cc7[C@@H]6c6ccc(Cl)cc6)cc5)CC4)CC3)C(C)(C)C)cc2)n1. The molecule has 3 fully saturated rings. The minimum Gasteiger partial charge on any atom is -0.491 e. The molecule has 2 saturated heterocycles. The molecule has 5 aromatic rings. The number of aliphatic hydroxyl groups is 1. The molecule has 4 heterocycles. The number of halogens is 1. The lowest BCUT2D eigenvalue weighted by Crippen LogP contribution is -2.58. The van der Waals surface area contributed by atoms with Gasteiger partial charge in [0.15, 0.2) is 0 Å². The number of thiazole rings is 1. The number of carbonyl (C=O) groups excluding carboxylic acids is 4. The zero-order chi connectivity index (χ0) is 64.8. The highest BCUT2D eigenvalue weighted by Crippen LogP contribution is 2.43. The summed E-state index contributed by atoms with van der Waals surface area (Å²) in [6.45, 7) is 25.0. The zero-order valence-corrected chi connectivity index (χ0v) is 56.5. The number of hydrogen-bond acceptors (Lipinski definition) is 15. The van der Waals surface area contributed by atoms with Gasteiger partial charge in [-0.3, -0.25) is 29.0 Å². The Morgan fingerprint density at radius 1 is 0.802 bits per heavy atom. The number of nitrogens with zero attached hydrogens (tertiary/aromatic N) is 6. The lowest BCUT2D eigenvalue weighted by Gasteiger charge is -2.42. The van der Waals surface area contributed by atoms with Crippen LogP contribution in [0.5, 0.6) is 5.75 Å². The number of ether oxygens (including phenoxy) is 5. The van der Waals surface area contributed by atoms with Crippen molar-refractivity contribution in [3.63, 3.8) is 0 Å². The van der Waals surface area contributed by atoms with Crippen molar-refractivity contribution in [3.05, 3.63) is 129 Å². The van der Waals surface area contributed by atoms with Crippen molar-refractivity contribution < 1.29 is 48.0 Å². The van der Waals surface area contributed by atoms with Gasteiger partial charge in [-0.2, -0.15) is 0 Å². The summed E-state index contributed by atoms with van der Waals surface area (Å²) in [5.41, 5.74) is 8.35. The number of aliphatic hydroxyl groups excluding tert-OH is 1. The molecule has 0 bridgehead atoms. The van der Waals surface area contributed by atoms with Gasteiger partial charge in [-0.05, 0) is 142 Å². The van der Waals surface area contributed by atoms with Gasteiger partial charge >= 0.3 is 0 Å². The average Bonchev–Trinajstić information content (AvgIpc) is 0.935. The van der Waals surface area contributed by atoms with Crippen LogP contribution in [0, 0.1) is 25.2 Å². The van der Waals surface area contributed by atoms with Crippen LogP contribution in [0.3, 0.4) is 0 Å². The molecule has 4 aliphatic rings. The summed E-state index contributed by atoms with van der Waals surface area (Å²) < 4.78 is 29.2. The number of anilines is 2. The Morgan fingerprint density at radius 2 is 1.44 bits per heavy atom. The summed E-state index contributed by atoms with van der Waals surface area (Å²) in [7, 11) is 2.19. The largest absolute Gasteiger partial charge is 0.491 e. The fourth-order valence-corrected chi connectivity index (χ4v) is 14.0. The summed E-state index contributed by atoms with van der Waals surface area (Å²) in [6.07, 6.45) is 4.53. The number of hydrogen-bond donors (Lipinski definition) is 3. The number of piperazine rings is 1. The normalized spacial score (nSPS) is 20.6. The van der Waals surface area contributed by atoms with Crippen LogP contribution in [0.25, 0.3) is 10.6 Å². The number of benzene rings is 4. The van der Waals surface area contributed by atoms with Gasteiger partial charge < -0.3 is 54.1 Å². The first-order valence-electron chi connectivity index (χ1n) is 32.8. The van der Waals surface area contributed by atoms with Crippen LogP contribution >= 0.6 is 22.9 Å². The van der Waals surface area contributed by atoms with Crippen LogP contribution < -0.4 is 25.2 Å². The van der Waals surface area contributed by atoms with Gasteiger partial charge in [0.2, 0.25) is 23.6 Å². The molecular weight excluding hydrogens is 1190 g/mol. The van der Waals surface area contributed by atoms with E-state index in [-0.39, 0.29) is 61.9 Å². The van der Waals surface area contributed by atoms with Crippen molar-refractivity contribution in [2.45, 2.75) is 143 Å². The van der Waals surface area contributed by atoms with Gasteiger partial charge in [0.05, 0.1) is 83.6 Å². The van der Waals surface area contributed by atoms with Crippen molar-refractivity contribution in [2.24, 2.45) is 11.3 Å². The number of aryl methyl sites for hydroxylation is 2. The highest BCUT2D eigenvalue weighted by molar-refractivity contribution is 7.13. The fourth-order valence-electron chi connectivity index (χ4n) is 13.0. The Hall–Kier alpha value is -6.00. The predicted octanol–water partition coefficient (Wildman–Crippen LogP) is 9.99. The van der Waals surface area contributed by atoms with E-state index in [2.05, 4.69) is 73.8 Å². The third kappa shape index (κ3) is 19.1. The smallest absolute Gasteiger partial charge is 0.246 e. The minimum absolute atomic E-state index is 0.00399. The topological polar surface area (TPSA) is 188 Å². The van der Waals surface area contributed by atoms with E-state index >= 15 is 0 Å². The van der Waals surface area contributed by atoms with Crippen molar-refractivity contribution >= 4 is 57.9 Å². The van der Waals surface area contributed by atoms with Gasteiger partial charge in [0.1, 0.15) is 22.8 Å². The van der Waals surface area contributed by atoms with E-state index in [1.807, 2.05) is 114 Å². The van der Waals surface area contributed by atoms with Gasteiger partial charge in [-0.1, -0.05) is 74.8 Å². The van der Waals surface area contributed by atoms with E-state index in [1.54, 1.807) is 11.3 Å². The molecule has 3 aliphatic heterocycles. The number of aromatic nitrogens is 1. The highest BCUT2D eigenvalue weighted by atomic mass is 35.5. The number of amides is 4. The van der Waals surface area contributed by atoms with Crippen LogP contribution in [-0.2, 0) is 44.5 Å². The predicted molar refractivity (Wildman–Crippen MR) is 359 cm³/mol. The van der Waals surface area contributed by atoms with E-state index in [0.717, 1.165) is 100 Å². The number of β-amino-alcohol motifs (C(OH)–C–C–N with tert-alkyl or cyclic N) is 1. The molecule has 3 N–H and O–H groups in total. The standard InChI is InChI=1S/C71H97ClN8O10S/c1-47(2)90-63-43-61-55(40-48(63)3)41-65(83)80(66(61)53-16-18-56(72)19-17-53)59-24-22-57(23-25-59)76(9)44-51-10-20-58(21-11-51)78-29-27-77(28-30-78)31-33-87-35-37-89-39-38-88-36-34-86-32-26-64(82)75-67(71(6,7)8)70(85)79-45-60(81)42-62(79)68(84)74-50(5)52-12-14-54(15-13-52)69-73-49(4)46-91-69/h12-19,22-25,40,43,46-47,50-51,58,60,62,66-67,81H,10-11,20-21,26-39,41-42,44-45H2,1-9H3,(H,74,84)(H,75,82)/t50-,51?,58?,60+,62-,66-,67+/m0/s1. The van der Waals surface area contributed by atoms with Gasteiger partial charge in [0, 0.05) is 105 Å². The Morgan fingerprint density at radius 3 is 2.05 bits per heavy atom. The third-order valence-corrected chi connectivity index (χ3v) is 19.3. The Labute approximate surface area is 548 Å². The van der Waals surface area contributed by atoms with Gasteiger partial charge in [-0.25, -0.2) is 4.98 Å². The molecular formula is C71H97ClN8O10S. The van der Waals surface area contributed by atoms with Crippen LogP contribution in [0.4, 0.5) is 11.4 Å². The molecule has 4 aromatic carbocycles. The molecule has 0 radical (unpaired) electrons.